The minimum atomic E-state index is -0.211. The smallest absolute Gasteiger partial charge is 0.255 e. The van der Waals surface area contributed by atoms with Gasteiger partial charge in [0, 0.05) is 25.8 Å². The monoisotopic (exact) mass is 378 g/mol. The van der Waals surface area contributed by atoms with Crippen molar-refractivity contribution in [3.8, 4) is 11.5 Å². The SMILES string of the molecule is COc1ccc(OC)c(C(=O)NCCc2nnc(SCC(C)C)n2C)c1. The van der Waals surface area contributed by atoms with E-state index in [0.717, 1.165) is 16.7 Å². The first kappa shape index (κ1) is 20.1. The predicted octanol–water partition coefficient (Wildman–Crippen LogP) is 2.55. The first-order chi connectivity index (χ1) is 12.5. The molecule has 1 heterocycles. The molecule has 0 aliphatic rings. The second-order valence-electron chi connectivity index (χ2n) is 6.23. The number of methoxy groups -OCH3 is 2. The summed E-state index contributed by atoms with van der Waals surface area (Å²) in [6, 6.07) is 5.14. The van der Waals surface area contributed by atoms with E-state index in [2.05, 4.69) is 29.4 Å². The van der Waals surface area contributed by atoms with Crippen molar-refractivity contribution in [2.75, 3.05) is 26.5 Å². The van der Waals surface area contributed by atoms with E-state index >= 15 is 0 Å². The van der Waals surface area contributed by atoms with Crippen molar-refractivity contribution in [1.29, 1.82) is 0 Å². The quantitative estimate of drug-likeness (QED) is 0.676. The molecule has 142 valence electrons. The average Bonchev–Trinajstić information content (AvgIpc) is 2.99. The first-order valence-electron chi connectivity index (χ1n) is 8.47. The van der Waals surface area contributed by atoms with Crippen LogP contribution in [0.25, 0.3) is 0 Å². The molecule has 1 aromatic carbocycles. The highest BCUT2D eigenvalue weighted by Gasteiger charge is 2.14. The Labute approximate surface area is 158 Å². The van der Waals surface area contributed by atoms with Crippen LogP contribution in [0.2, 0.25) is 0 Å². The lowest BCUT2D eigenvalue weighted by Gasteiger charge is -2.11. The normalized spacial score (nSPS) is 10.8. The molecule has 0 bridgehead atoms. The molecule has 1 aromatic heterocycles. The van der Waals surface area contributed by atoms with Gasteiger partial charge in [-0.3, -0.25) is 4.79 Å². The molecular formula is C18H26N4O3S. The van der Waals surface area contributed by atoms with E-state index < -0.39 is 0 Å². The number of benzene rings is 1. The molecular weight excluding hydrogens is 352 g/mol. The van der Waals surface area contributed by atoms with E-state index in [0.29, 0.717) is 35.9 Å². The van der Waals surface area contributed by atoms with Crippen molar-refractivity contribution in [3.05, 3.63) is 29.6 Å². The Hall–Kier alpha value is -2.22. The molecule has 0 atom stereocenters. The Bertz CT molecular complexity index is 746. The summed E-state index contributed by atoms with van der Waals surface area (Å²) in [6.45, 7) is 4.80. The van der Waals surface area contributed by atoms with E-state index in [9.17, 15) is 4.79 Å². The first-order valence-corrected chi connectivity index (χ1v) is 9.46. The minimum Gasteiger partial charge on any atom is -0.497 e. The number of thioether (sulfide) groups is 1. The topological polar surface area (TPSA) is 78.3 Å². The van der Waals surface area contributed by atoms with Crippen LogP contribution in [0.4, 0.5) is 0 Å². The third kappa shape index (κ3) is 5.14. The molecule has 0 radical (unpaired) electrons. The number of hydrogen-bond donors (Lipinski definition) is 1. The van der Waals surface area contributed by atoms with Gasteiger partial charge in [0.1, 0.15) is 17.3 Å². The molecule has 2 aromatic rings. The van der Waals surface area contributed by atoms with Crippen LogP contribution in [0.15, 0.2) is 23.4 Å². The van der Waals surface area contributed by atoms with Gasteiger partial charge in [0.15, 0.2) is 5.16 Å². The van der Waals surface area contributed by atoms with Gasteiger partial charge in [0.05, 0.1) is 19.8 Å². The minimum absolute atomic E-state index is 0.211. The third-order valence-electron chi connectivity index (χ3n) is 3.76. The van der Waals surface area contributed by atoms with E-state index in [4.69, 9.17) is 9.47 Å². The van der Waals surface area contributed by atoms with Crippen LogP contribution in [0.1, 0.15) is 30.0 Å². The van der Waals surface area contributed by atoms with Crippen LogP contribution in [0, 0.1) is 5.92 Å². The number of nitrogens with zero attached hydrogens (tertiary/aromatic N) is 3. The summed E-state index contributed by atoms with van der Waals surface area (Å²) >= 11 is 1.69. The molecule has 1 N–H and O–H groups in total. The highest BCUT2D eigenvalue weighted by atomic mass is 32.2. The van der Waals surface area contributed by atoms with Gasteiger partial charge in [-0.1, -0.05) is 25.6 Å². The van der Waals surface area contributed by atoms with Crippen LogP contribution in [-0.4, -0.2) is 47.2 Å². The van der Waals surface area contributed by atoms with Crippen molar-refractivity contribution in [2.24, 2.45) is 13.0 Å². The van der Waals surface area contributed by atoms with Crippen LogP contribution >= 0.6 is 11.8 Å². The van der Waals surface area contributed by atoms with Crippen molar-refractivity contribution >= 4 is 17.7 Å². The molecule has 0 spiro atoms. The standard InChI is InChI=1S/C18H26N4O3S/c1-12(2)11-26-18-21-20-16(22(18)3)8-9-19-17(23)14-10-13(24-4)6-7-15(14)25-5/h6-7,10,12H,8-9,11H2,1-5H3,(H,19,23). The van der Waals surface area contributed by atoms with Crippen molar-refractivity contribution < 1.29 is 14.3 Å². The summed E-state index contributed by atoms with van der Waals surface area (Å²) in [5, 5.41) is 12.2. The number of nitrogens with one attached hydrogen (secondary N) is 1. The van der Waals surface area contributed by atoms with Gasteiger partial charge in [-0.05, 0) is 24.1 Å². The second-order valence-corrected chi connectivity index (χ2v) is 7.22. The predicted molar refractivity (Wildman–Crippen MR) is 102 cm³/mol. The highest BCUT2D eigenvalue weighted by Crippen LogP contribution is 2.24. The van der Waals surface area contributed by atoms with Crippen LogP contribution in [-0.2, 0) is 13.5 Å². The number of amides is 1. The Morgan fingerprint density at radius 3 is 2.69 bits per heavy atom. The summed E-state index contributed by atoms with van der Waals surface area (Å²) in [7, 11) is 5.05. The lowest BCUT2D eigenvalue weighted by Crippen LogP contribution is -2.26. The largest absolute Gasteiger partial charge is 0.497 e. The number of ether oxygens (including phenoxy) is 2. The molecule has 0 saturated carbocycles. The zero-order valence-corrected chi connectivity index (χ0v) is 16.7. The van der Waals surface area contributed by atoms with Crippen LogP contribution < -0.4 is 14.8 Å². The number of rotatable bonds is 9. The van der Waals surface area contributed by atoms with E-state index in [1.54, 1.807) is 37.1 Å². The molecule has 0 aliphatic carbocycles. The summed E-state index contributed by atoms with van der Waals surface area (Å²) in [6.07, 6.45) is 0.601. The molecule has 0 fully saturated rings. The van der Waals surface area contributed by atoms with Crippen molar-refractivity contribution in [2.45, 2.75) is 25.4 Å². The second kappa shape index (κ2) is 9.47. The van der Waals surface area contributed by atoms with E-state index in [1.807, 2.05) is 11.6 Å². The van der Waals surface area contributed by atoms with Gasteiger partial charge >= 0.3 is 0 Å². The molecule has 0 unspecified atom stereocenters. The summed E-state index contributed by atoms with van der Waals surface area (Å²) in [4.78, 5) is 12.5. The molecule has 0 saturated heterocycles. The van der Waals surface area contributed by atoms with E-state index in [1.165, 1.54) is 7.11 Å². The summed E-state index contributed by atoms with van der Waals surface area (Å²) in [5.41, 5.74) is 0.443. The van der Waals surface area contributed by atoms with Gasteiger partial charge in [0.2, 0.25) is 0 Å². The van der Waals surface area contributed by atoms with Gasteiger partial charge in [-0.15, -0.1) is 10.2 Å². The fourth-order valence-electron chi connectivity index (χ4n) is 2.30. The van der Waals surface area contributed by atoms with Crippen molar-refractivity contribution in [1.82, 2.24) is 20.1 Å². The summed E-state index contributed by atoms with van der Waals surface area (Å²) < 4.78 is 12.4. The Morgan fingerprint density at radius 1 is 1.27 bits per heavy atom. The maximum atomic E-state index is 12.5. The zero-order chi connectivity index (χ0) is 19.1. The van der Waals surface area contributed by atoms with Gasteiger partial charge in [0.25, 0.3) is 5.91 Å². The van der Waals surface area contributed by atoms with Crippen LogP contribution in [0.3, 0.4) is 0 Å². The fourth-order valence-corrected chi connectivity index (χ4v) is 3.18. The number of carbonyl (C=O) groups excluding carboxylic acids is 1. The Balaban J connectivity index is 1.95. The number of hydrogen-bond acceptors (Lipinski definition) is 6. The molecule has 1 amide bonds. The molecule has 7 nitrogen and oxygen atoms in total. The van der Waals surface area contributed by atoms with Crippen molar-refractivity contribution in [3.63, 3.8) is 0 Å². The van der Waals surface area contributed by atoms with Crippen LogP contribution in [0.5, 0.6) is 11.5 Å². The molecule has 2 rings (SSSR count). The van der Waals surface area contributed by atoms with Gasteiger partial charge < -0.3 is 19.4 Å². The molecule has 26 heavy (non-hydrogen) atoms. The van der Waals surface area contributed by atoms with E-state index in [-0.39, 0.29) is 5.91 Å². The zero-order valence-electron chi connectivity index (χ0n) is 15.9. The Morgan fingerprint density at radius 2 is 2.04 bits per heavy atom. The highest BCUT2D eigenvalue weighted by molar-refractivity contribution is 7.99. The number of aromatic nitrogens is 3. The lowest BCUT2D eigenvalue weighted by atomic mass is 10.1. The molecule has 0 aliphatic heterocycles. The van der Waals surface area contributed by atoms with Gasteiger partial charge in [-0.2, -0.15) is 0 Å². The molecule has 8 heteroatoms. The average molecular weight is 378 g/mol. The maximum absolute atomic E-state index is 12.5. The summed E-state index contributed by atoms with van der Waals surface area (Å²) in [5.74, 6) is 3.34. The maximum Gasteiger partial charge on any atom is 0.255 e. The van der Waals surface area contributed by atoms with Gasteiger partial charge in [-0.25, -0.2) is 0 Å². The fraction of sp³-hybridized carbons (Fsp3) is 0.500. The number of carbonyl (C=O) groups is 1. The third-order valence-corrected chi connectivity index (χ3v) is 5.20. The Kier molecular flexibility index (Phi) is 7.32. The lowest BCUT2D eigenvalue weighted by molar-refractivity contribution is 0.0950.